The molecule has 24 heavy (non-hydrogen) atoms. The number of carbonyl (C=O) groups excluding carboxylic acids is 1. The summed E-state index contributed by atoms with van der Waals surface area (Å²) in [7, 11) is 1.74. The molecule has 136 valence electrons. The molecule has 2 heterocycles. The smallest absolute Gasteiger partial charge is 0.317 e. The van der Waals surface area contributed by atoms with E-state index in [0.717, 1.165) is 63.3 Å². The van der Waals surface area contributed by atoms with Crippen LogP contribution in [0.1, 0.15) is 63.3 Å². The van der Waals surface area contributed by atoms with Gasteiger partial charge in [0.05, 0.1) is 12.2 Å². The third-order valence-corrected chi connectivity index (χ3v) is 4.93. The predicted octanol–water partition coefficient (Wildman–Crippen LogP) is 3.54. The molecule has 1 aromatic rings. The van der Waals surface area contributed by atoms with Crippen LogP contribution in [0.15, 0.2) is 10.6 Å². The van der Waals surface area contributed by atoms with Crippen LogP contribution in [0.25, 0.3) is 0 Å². The number of nitrogens with zero attached hydrogens (tertiary/aromatic N) is 2. The van der Waals surface area contributed by atoms with Gasteiger partial charge < -0.3 is 19.5 Å². The Morgan fingerprint density at radius 1 is 1.42 bits per heavy atom. The Hall–Kier alpha value is -1.56. The maximum absolute atomic E-state index is 12.4. The molecule has 1 fully saturated rings. The van der Waals surface area contributed by atoms with E-state index in [9.17, 15) is 4.79 Å². The van der Waals surface area contributed by atoms with Gasteiger partial charge in [-0.3, -0.25) is 0 Å². The molecule has 1 atom stereocenters. The maximum atomic E-state index is 12.4. The van der Waals surface area contributed by atoms with Crippen LogP contribution >= 0.6 is 0 Å². The number of aromatic nitrogens is 1. The molecule has 1 aliphatic rings. The Morgan fingerprint density at radius 3 is 2.92 bits per heavy atom. The molecule has 0 saturated carbocycles. The molecule has 0 bridgehead atoms. The fraction of sp³-hybridized carbons (Fsp3) is 0.778. The zero-order valence-corrected chi connectivity index (χ0v) is 15.2. The van der Waals surface area contributed by atoms with E-state index in [2.05, 4.69) is 24.3 Å². The number of methoxy groups -OCH3 is 1. The standard InChI is InChI=1S/C18H31N3O3/c1-4-15(5-2)17-11-16(24-20-17)12-19-18(22)21-9-6-7-14(8-10-21)13-23-3/h11,14-15H,4-10,12-13H2,1-3H3,(H,19,22). The Balaban J connectivity index is 1.80. The van der Waals surface area contributed by atoms with Crippen LogP contribution in [0.2, 0.25) is 0 Å². The lowest BCUT2D eigenvalue weighted by Gasteiger charge is -2.20. The molecule has 6 heteroatoms. The Labute approximate surface area is 144 Å². The van der Waals surface area contributed by atoms with Crippen molar-refractivity contribution in [2.24, 2.45) is 5.92 Å². The molecular formula is C18H31N3O3. The lowest BCUT2D eigenvalue weighted by atomic mass is 9.99. The van der Waals surface area contributed by atoms with Crippen LogP contribution in [0.4, 0.5) is 4.79 Å². The number of carbonyl (C=O) groups is 1. The van der Waals surface area contributed by atoms with Gasteiger partial charge in [0.1, 0.15) is 0 Å². The average molecular weight is 337 g/mol. The van der Waals surface area contributed by atoms with Gasteiger partial charge in [-0.05, 0) is 38.0 Å². The second-order valence-electron chi connectivity index (χ2n) is 6.63. The molecule has 1 N–H and O–H groups in total. The molecule has 1 aromatic heterocycles. The van der Waals surface area contributed by atoms with Gasteiger partial charge in [0, 0.05) is 38.8 Å². The van der Waals surface area contributed by atoms with Gasteiger partial charge in [-0.1, -0.05) is 19.0 Å². The lowest BCUT2D eigenvalue weighted by Crippen LogP contribution is -2.40. The summed E-state index contributed by atoms with van der Waals surface area (Å²) in [6, 6.07) is 1.95. The fourth-order valence-electron chi connectivity index (χ4n) is 3.36. The molecule has 1 unspecified atom stereocenters. The zero-order valence-electron chi connectivity index (χ0n) is 15.2. The summed E-state index contributed by atoms with van der Waals surface area (Å²) in [5, 5.41) is 7.09. The third kappa shape index (κ3) is 5.23. The number of nitrogens with one attached hydrogen (secondary N) is 1. The first kappa shape index (κ1) is 18.8. The molecule has 2 rings (SSSR count). The number of rotatable bonds is 7. The summed E-state index contributed by atoms with van der Waals surface area (Å²) in [5.74, 6) is 1.71. The Morgan fingerprint density at radius 2 is 2.21 bits per heavy atom. The van der Waals surface area contributed by atoms with Crippen molar-refractivity contribution in [3.63, 3.8) is 0 Å². The van der Waals surface area contributed by atoms with Crippen molar-refractivity contribution in [3.05, 3.63) is 17.5 Å². The van der Waals surface area contributed by atoms with Crippen LogP contribution in [-0.2, 0) is 11.3 Å². The SMILES string of the molecule is CCC(CC)c1cc(CNC(=O)N2CCCC(COC)CC2)on1. The highest BCUT2D eigenvalue weighted by Gasteiger charge is 2.21. The summed E-state index contributed by atoms with van der Waals surface area (Å²) < 4.78 is 10.6. The van der Waals surface area contributed by atoms with Crippen LogP contribution in [0.5, 0.6) is 0 Å². The highest BCUT2D eigenvalue weighted by Crippen LogP contribution is 2.22. The molecule has 0 aliphatic carbocycles. The predicted molar refractivity (Wildman–Crippen MR) is 92.9 cm³/mol. The number of hydrogen-bond acceptors (Lipinski definition) is 4. The van der Waals surface area contributed by atoms with Gasteiger partial charge in [-0.25, -0.2) is 4.79 Å². The lowest BCUT2D eigenvalue weighted by molar-refractivity contribution is 0.144. The van der Waals surface area contributed by atoms with Crippen molar-refractivity contribution in [1.82, 2.24) is 15.4 Å². The van der Waals surface area contributed by atoms with Crippen LogP contribution in [0, 0.1) is 5.92 Å². The minimum atomic E-state index is -0.0199. The van der Waals surface area contributed by atoms with E-state index >= 15 is 0 Å². The summed E-state index contributed by atoms with van der Waals surface area (Å²) in [6.45, 7) is 7.08. The van der Waals surface area contributed by atoms with Crippen LogP contribution in [-0.4, -0.2) is 42.9 Å². The van der Waals surface area contributed by atoms with Crippen LogP contribution < -0.4 is 5.32 Å². The van der Waals surface area contributed by atoms with E-state index in [-0.39, 0.29) is 6.03 Å². The molecule has 1 aliphatic heterocycles. The summed E-state index contributed by atoms with van der Waals surface area (Å²) in [4.78, 5) is 14.3. The molecule has 0 spiro atoms. The van der Waals surface area contributed by atoms with Crippen molar-refractivity contribution in [2.75, 3.05) is 26.8 Å². The van der Waals surface area contributed by atoms with E-state index in [1.807, 2.05) is 11.0 Å². The second kappa shape index (κ2) is 9.67. The van der Waals surface area contributed by atoms with E-state index in [0.29, 0.717) is 18.4 Å². The zero-order chi connectivity index (χ0) is 17.4. The second-order valence-corrected chi connectivity index (χ2v) is 6.63. The minimum Gasteiger partial charge on any atom is -0.384 e. The Bertz CT molecular complexity index is 499. The topological polar surface area (TPSA) is 67.6 Å². The molecule has 1 saturated heterocycles. The molecule has 0 radical (unpaired) electrons. The maximum Gasteiger partial charge on any atom is 0.317 e. The average Bonchev–Trinajstić information content (AvgIpc) is 2.92. The van der Waals surface area contributed by atoms with Crippen molar-refractivity contribution in [1.29, 1.82) is 0 Å². The highest BCUT2D eigenvalue weighted by atomic mass is 16.5. The first-order valence-corrected chi connectivity index (χ1v) is 9.15. The van der Waals surface area contributed by atoms with Crippen molar-refractivity contribution >= 4 is 6.03 Å². The van der Waals surface area contributed by atoms with E-state index < -0.39 is 0 Å². The quantitative estimate of drug-likeness (QED) is 0.826. The largest absolute Gasteiger partial charge is 0.384 e. The minimum absolute atomic E-state index is 0.0199. The van der Waals surface area contributed by atoms with Gasteiger partial charge >= 0.3 is 6.03 Å². The van der Waals surface area contributed by atoms with E-state index in [4.69, 9.17) is 9.26 Å². The fourth-order valence-corrected chi connectivity index (χ4v) is 3.36. The van der Waals surface area contributed by atoms with Gasteiger partial charge in [0.2, 0.25) is 0 Å². The van der Waals surface area contributed by atoms with E-state index in [1.165, 1.54) is 0 Å². The number of urea groups is 1. The number of amides is 2. The molecular weight excluding hydrogens is 306 g/mol. The highest BCUT2D eigenvalue weighted by molar-refractivity contribution is 5.74. The number of hydrogen-bond donors (Lipinski definition) is 1. The number of ether oxygens (including phenoxy) is 1. The third-order valence-electron chi connectivity index (χ3n) is 4.93. The first-order chi connectivity index (χ1) is 11.7. The number of likely N-dealkylation sites (tertiary alicyclic amines) is 1. The monoisotopic (exact) mass is 337 g/mol. The summed E-state index contributed by atoms with van der Waals surface area (Å²) in [6.07, 6.45) is 5.25. The molecule has 2 amide bonds. The normalized spacial score (nSPS) is 18.7. The molecule has 6 nitrogen and oxygen atoms in total. The van der Waals surface area contributed by atoms with Crippen LogP contribution in [0.3, 0.4) is 0 Å². The van der Waals surface area contributed by atoms with Gasteiger partial charge in [-0.15, -0.1) is 0 Å². The van der Waals surface area contributed by atoms with Crippen molar-refractivity contribution < 1.29 is 14.1 Å². The Kier molecular flexibility index (Phi) is 7.56. The van der Waals surface area contributed by atoms with Gasteiger partial charge in [-0.2, -0.15) is 0 Å². The summed E-state index contributed by atoms with van der Waals surface area (Å²) in [5.41, 5.74) is 0.987. The molecule has 0 aromatic carbocycles. The van der Waals surface area contributed by atoms with Gasteiger partial charge in [0.15, 0.2) is 5.76 Å². The van der Waals surface area contributed by atoms with E-state index in [1.54, 1.807) is 7.11 Å². The van der Waals surface area contributed by atoms with Gasteiger partial charge in [0.25, 0.3) is 0 Å². The van der Waals surface area contributed by atoms with Crippen molar-refractivity contribution in [3.8, 4) is 0 Å². The van der Waals surface area contributed by atoms with Crippen molar-refractivity contribution in [2.45, 2.75) is 58.4 Å². The summed E-state index contributed by atoms with van der Waals surface area (Å²) >= 11 is 0. The first-order valence-electron chi connectivity index (χ1n) is 9.15.